The van der Waals surface area contributed by atoms with Gasteiger partial charge in [0.2, 0.25) is 0 Å². The molecule has 164 valence electrons. The molecule has 3 amide bonds. The fourth-order valence-corrected chi connectivity index (χ4v) is 3.61. The lowest BCUT2D eigenvalue weighted by atomic mass is 9.89. The van der Waals surface area contributed by atoms with Crippen molar-refractivity contribution in [3.63, 3.8) is 0 Å². The molecule has 31 heavy (non-hydrogen) atoms. The van der Waals surface area contributed by atoms with Crippen molar-refractivity contribution >= 4 is 23.5 Å². The molecule has 2 aromatic rings. The van der Waals surface area contributed by atoms with E-state index in [1.807, 2.05) is 6.92 Å². The fourth-order valence-electron chi connectivity index (χ4n) is 3.61. The van der Waals surface area contributed by atoms with Crippen LogP contribution in [-0.4, -0.2) is 34.2 Å². The van der Waals surface area contributed by atoms with Gasteiger partial charge in [-0.2, -0.15) is 13.2 Å². The molecule has 3 N–H and O–H groups in total. The van der Waals surface area contributed by atoms with E-state index in [0.29, 0.717) is 12.0 Å². The van der Waals surface area contributed by atoms with Gasteiger partial charge in [-0.1, -0.05) is 19.1 Å². The third kappa shape index (κ3) is 5.01. The predicted molar refractivity (Wildman–Crippen MR) is 106 cm³/mol. The van der Waals surface area contributed by atoms with Crippen molar-refractivity contribution in [2.24, 2.45) is 11.7 Å². The first-order valence-corrected chi connectivity index (χ1v) is 9.62. The maximum atomic E-state index is 12.9. The lowest BCUT2D eigenvalue weighted by molar-refractivity contribution is -0.146. The normalized spacial score (nSPS) is 19.0. The van der Waals surface area contributed by atoms with E-state index in [1.54, 1.807) is 0 Å². The molecule has 10 heteroatoms. The summed E-state index contributed by atoms with van der Waals surface area (Å²) in [6, 6.07) is 6.85. The highest BCUT2D eigenvalue weighted by molar-refractivity contribution is 6.39. The molecule has 0 spiro atoms. The molecule has 7 nitrogen and oxygen atoms in total. The van der Waals surface area contributed by atoms with Crippen LogP contribution in [0.25, 0.3) is 0 Å². The number of nitrogens with two attached hydrogens (primary N) is 1. The Balaban J connectivity index is 1.83. The van der Waals surface area contributed by atoms with Crippen LogP contribution >= 0.6 is 0 Å². The van der Waals surface area contributed by atoms with Crippen LogP contribution in [0.3, 0.4) is 0 Å². The Kier molecular flexibility index (Phi) is 6.28. The van der Waals surface area contributed by atoms with Gasteiger partial charge in [-0.15, -0.1) is 0 Å². The molecular formula is C21H21F3N4O3. The number of carbonyl (C=O) groups excluding carboxylic acids is 3. The summed E-state index contributed by atoms with van der Waals surface area (Å²) in [5.41, 5.74) is 4.94. The summed E-state index contributed by atoms with van der Waals surface area (Å²) in [6.45, 7) is 2.19. The minimum Gasteiger partial charge on any atom is -0.365 e. The third-order valence-corrected chi connectivity index (χ3v) is 5.20. The molecule has 1 aromatic heterocycles. The Morgan fingerprint density at radius 2 is 1.81 bits per heavy atom. The van der Waals surface area contributed by atoms with Crippen molar-refractivity contribution < 1.29 is 27.6 Å². The van der Waals surface area contributed by atoms with E-state index < -0.39 is 35.5 Å². The van der Waals surface area contributed by atoms with Crippen molar-refractivity contribution in [1.82, 2.24) is 9.88 Å². The van der Waals surface area contributed by atoms with Crippen LogP contribution in [0, 0.1) is 5.92 Å². The number of aromatic nitrogens is 1. The monoisotopic (exact) mass is 434 g/mol. The van der Waals surface area contributed by atoms with Crippen molar-refractivity contribution in [2.75, 3.05) is 11.9 Å². The van der Waals surface area contributed by atoms with Gasteiger partial charge in [0.05, 0.1) is 17.2 Å². The smallest absolute Gasteiger partial charge is 0.365 e. The predicted octanol–water partition coefficient (Wildman–Crippen LogP) is 3.14. The molecule has 3 rings (SSSR count). The van der Waals surface area contributed by atoms with Gasteiger partial charge < -0.3 is 16.0 Å². The first kappa shape index (κ1) is 22.3. The number of halogens is 3. The average Bonchev–Trinajstić information content (AvgIpc) is 2.73. The maximum absolute atomic E-state index is 12.9. The summed E-state index contributed by atoms with van der Waals surface area (Å²) in [5.74, 6) is -2.71. The lowest BCUT2D eigenvalue weighted by Gasteiger charge is -2.38. The molecule has 1 aliphatic heterocycles. The highest BCUT2D eigenvalue weighted by Crippen LogP contribution is 2.35. The van der Waals surface area contributed by atoms with Gasteiger partial charge in [-0.25, -0.2) is 4.98 Å². The van der Waals surface area contributed by atoms with E-state index >= 15 is 0 Å². The number of pyridine rings is 1. The first-order valence-electron chi connectivity index (χ1n) is 9.62. The zero-order valence-electron chi connectivity index (χ0n) is 16.6. The van der Waals surface area contributed by atoms with E-state index in [1.165, 1.54) is 35.4 Å². The van der Waals surface area contributed by atoms with Crippen LogP contribution in [-0.2, 0) is 15.8 Å². The Morgan fingerprint density at radius 1 is 1.13 bits per heavy atom. The number of amides is 3. The van der Waals surface area contributed by atoms with Gasteiger partial charge in [0, 0.05) is 12.7 Å². The van der Waals surface area contributed by atoms with Crippen molar-refractivity contribution in [3.8, 4) is 0 Å². The number of benzene rings is 1. The molecular weight excluding hydrogens is 413 g/mol. The zero-order valence-corrected chi connectivity index (χ0v) is 16.6. The van der Waals surface area contributed by atoms with E-state index in [-0.39, 0.29) is 23.8 Å². The summed E-state index contributed by atoms with van der Waals surface area (Å²) in [5, 5.41) is 2.31. The zero-order chi connectivity index (χ0) is 22.8. The average molecular weight is 434 g/mol. The van der Waals surface area contributed by atoms with Gasteiger partial charge in [-0.05, 0) is 48.6 Å². The number of carbonyl (C=O) groups is 3. The highest BCUT2D eigenvalue weighted by Gasteiger charge is 2.35. The molecule has 0 radical (unpaired) electrons. The van der Waals surface area contributed by atoms with Gasteiger partial charge in [0.1, 0.15) is 5.82 Å². The number of likely N-dealkylation sites (tertiary alicyclic amines) is 1. The summed E-state index contributed by atoms with van der Waals surface area (Å²) in [7, 11) is 0. The van der Waals surface area contributed by atoms with Crippen molar-refractivity contribution in [3.05, 3.63) is 59.3 Å². The van der Waals surface area contributed by atoms with Crippen molar-refractivity contribution in [2.45, 2.75) is 32.0 Å². The van der Waals surface area contributed by atoms with E-state index in [2.05, 4.69) is 10.3 Å². The molecule has 1 saturated heterocycles. The lowest BCUT2D eigenvalue weighted by Crippen LogP contribution is -2.46. The maximum Gasteiger partial charge on any atom is 0.416 e. The van der Waals surface area contributed by atoms with Gasteiger partial charge >= 0.3 is 18.0 Å². The first-order chi connectivity index (χ1) is 14.6. The Bertz CT molecular complexity index is 992. The summed E-state index contributed by atoms with van der Waals surface area (Å²) in [4.78, 5) is 42.3. The van der Waals surface area contributed by atoms with E-state index in [0.717, 1.165) is 18.6 Å². The number of primary amides is 1. The Hall–Kier alpha value is -3.43. The number of piperidine rings is 1. The number of alkyl halides is 3. The summed E-state index contributed by atoms with van der Waals surface area (Å²) in [6.07, 6.45) is -1.87. The number of hydrogen-bond acceptors (Lipinski definition) is 4. The standard InChI is InChI=1S/C21H21F3N4O3/c1-12-4-9-16(13-5-7-14(8-6-13)21(22,23)24)28(11-12)20(31)19(30)27-18-15(17(25)29)3-2-10-26-18/h2-3,5-8,10,12,16H,4,9,11H2,1H3,(H2,25,29)(H,26,27,30)/t12-,16+/m1/s1. The molecule has 1 aliphatic rings. The van der Waals surface area contributed by atoms with Crippen LogP contribution in [0.2, 0.25) is 0 Å². The number of nitrogens with zero attached hydrogens (tertiary/aromatic N) is 2. The molecule has 0 bridgehead atoms. The second kappa shape index (κ2) is 8.75. The van der Waals surface area contributed by atoms with Gasteiger partial charge in [0.15, 0.2) is 0 Å². The fraction of sp³-hybridized carbons (Fsp3) is 0.333. The topological polar surface area (TPSA) is 105 Å². The Labute approximate surface area is 176 Å². The minimum atomic E-state index is -4.46. The van der Waals surface area contributed by atoms with Crippen LogP contribution < -0.4 is 11.1 Å². The second-order valence-electron chi connectivity index (χ2n) is 7.49. The number of anilines is 1. The minimum absolute atomic E-state index is 0.0463. The third-order valence-electron chi connectivity index (χ3n) is 5.20. The van der Waals surface area contributed by atoms with Crippen LogP contribution in [0.15, 0.2) is 42.6 Å². The van der Waals surface area contributed by atoms with Crippen LogP contribution in [0.1, 0.15) is 47.3 Å². The number of rotatable bonds is 3. The number of nitrogens with one attached hydrogen (secondary N) is 1. The highest BCUT2D eigenvalue weighted by atomic mass is 19.4. The molecule has 0 aliphatic carbocycles. The molecule has 1 fully saturated rings. The summed E-state index contributed by atoms with van der Waals surface area (Å²) < 4.78 is 38.6. The van der Waals surface area contributed by atoms with E-state index in [4.69, 9.17) is 5.73 Å². The second-order valence-corrected chi connectivity index (χ2v) is 7.49. The molecule has 2 atom stereocenters. The Morgan fingerprint density at radius 3 is 2.42 bits per heavy atom. The molecule has 2 heterocycles. The number of hydrogen-bond donors (Lipinski definition) is 2. The van der Waals surface area contributed by atoms with Crippen LogP contribution in [0.4, 0.5) is 19.0 Å². The van der Waals surface area contributed by atoms with E-state index in [9.17, 15) is 27.6 Å². The van der Waals surface area contributed by atoms with Crippen LogP contribution in [0.5, 0.6) is 0 Å². The van der Waals surface area contributed by atoms with Gasteiger partial charge in [-0.3, -0.25) is 14.4 Å². The molecule has 1 aromatic carbocycles. The molecule has 0 saturated carbocycles. The largest absolute Gasteiger partial charge is 0.416 e. The van der Waals surface area contributed by atoms with Crippen molar-refractivity contribution in [1.29, 1.82) is 0 Å². The SMILES string of the molecule is C[C@@H]1CC[C@@H](c2ccc(C(F)(F)F)cc2)N(C(=O)C(=O)Nc2ncccc2C(N)=O)C1. The summed E-state index contributed by atoms with van der Waals surface area (Å²) >= 11 is 0. The quantitative estimate of drug-likeness (QED) is 0.724. The molecule has 0 unspecified atom stereocenters. The van der Waals surface area contributed by atoms with Gasteiger partial charge in [0.25, 0.3) is 5.91 Å².